The number of hydrogen-bond acceptors (Lipinski definition) is 3. The summed E-state index contributed by atoms with van der Waals surface area (Å²) in [5.41, 5.74) is 4.66. The topological polar surface area (TPSA) is 55.2 Å². The molecule has 1 aromatic carbocycles. The van der Waals surface area contributed by atoms with Gasteiger partial charge in [-0.05, 0) is 51.2 Å². The molecule has 1 atom stereocenters. The molecular weight excluding hydrogens is 314 g/mol. The number of aryl methyl sites for hydroxylation is 2. The van der Waals surface area contributed by atoms with Gasteiger partial charge in [0, 0.05) is 12.7 Å². The molecule has 1 aromatic heterocycles. The monoisotopic (exact) mass is 339 g/mol. The molecule has 1 heterocycles. The molecule has 3 rings (SSSR count). The summed E-state index contributed by atoms with van der Waals surface area (Å²) in [4.78, 5) is 26.4. The van der Waals surface area contributed by atoms with Crippen molar-refractivity contribution in [2.45, 2.75) is 52.6 Å². The van der Waals surface area contributed by atoms with Gasteiger partial charge in [-0.3, -0.25) is 14.3 Å². The van der Waals surface area contributed by atoms with Crippen LogP contribution in [0.5, 0.6) is 0 Å². The Morgan fingerprint density at radius 1 is 1.28 bits per heavy atom. The fourth-order valence-corrected chi connectivity index (χ4v) is 3.90. The molecule has 0 saturated heterocycles. The Bertz CT molecular complexity index is 822. The second-order valence-electron chi connectivity index (χ2n) is 6.87. The van der Waals surface area contributed by atoms with Crippen molar-refractivity contribution >= 4 is 11.7 Å². The van der Waals surface area contributed by atoms with Crippen LogP contribution in [0.1, 0.15) is 58.7 Å². The number of carbonyl (C=O) groups excluding carboxylic acids is 2. The molecule has 0 spiro atoms. The molecular formula is C20H25N3O2. The number of benzene rings is 1. The number of rotatable bonds is 4. The molecule has 5 heteroatoms. The first-order chi connectivity index (χ1) is 11.9. The van der Waals surface area contributed by atoms with Gasteiger partial charge in [-0.15, -0.1) is 0 Å². The molecule has 5 nitrogen and oxygen atoms in total. The number of hydrogen-bond donors (Lipinski definition) is 0. The second-order valence-corrected chi connectivity index (χ2v) is 6.87. The van der Waals surface area contributed by atoms with E-state index in [0.29, 0.717) is 11.3 Å². The number of fused-ring (bicyclic) bond motifs is 1. The van der Waals surface area contributed by atoms with Crippen LogP contribution in [0.25, 0.3) is 0 Å². The van der Waals surface area contributed by atoms with Gasteiger partial charge >= 0.3 is 0 Å². The van der Waals surface area contributed by atoms with Gasteiger partial charge in [-0.2, -0.15) is 5.10 Å². The molecule has 132 valence electrons. The van der Waals surface area contributed by atoms with Gasteiger partial charge in [0.15, 0.2) is 5.78 Å². The zero-order valence-corrected chi connectivity index (χ0v) is 15.4. The number of aromatic nitrogens is 2. The normalized spacial score (nSPS) is 16.4. The highest BCUT2D eigenvalue weighted by molar-refractivity contribution is 5.96. The van der Waals surface area contributed by atoms with Crippen molar-refractivity contribution in [3.05, 3.63) is 52.3 Å². The Kier molecular flexibility index (Phi) is 4.75. The maximum Gasteiger partial charge on any atom is 0.244 e. The molecule has 1 aliphatic rings. The van der Waals surface area contributed by atoms with Crippen LogP contribution < -0.4 is 0 Å². The molecule has 0 aliphatic heterocycles. The highest BCUT2D eigenvalue weighted by Crippen LogP contribution is 2.33. The average Bonchev–Trinajstić information content (AvgIpc) is 2.87. The van der Waals surface area contributed by atoms with Crippen LogP contribution in [-0.4, -0.2) is 33.4 Å². The van der Waals surface area contributed by atoms with Gasteiger partial charge < -0.3 is 4.90 Å². The highest BCUT2D eigenvalue weighted by Gasteiger charge is 2.27. The first-order valence-corrected chi connectivity index (χ1v) is 8.78. The van der Waals surface area contributed by atoms with Crippen LogP contribution in [0.3, 0.4) is 0 Å². The summed E-state index contributed by atoms with van der Waals surface area (Å²) in [5, 5.41) is 4.39. The molecule has 25 heavy (non-hydrogen) atoms. The molecule has 0 saturated carbocycles. The van der Waals surface area contributed by atoms with E-state index in [2.05, 4.69) is 23.3 Å². The summed E-state index contributed by atoms with van der Waals surface area (Å²) in [6.07, 6.45) is 3.15. The Hall–Kier alpha value is -2.43. The quantitative estimate of drug-likeness (QED) is 0.804. The van der Waals surface area contributed by atoms with Crippen molar-refractivity contribution in [1.82, 2.24) is 14.7 Å². The van der Waals surface area contributed by atoms with Crippen LogP contribution in [0.15, 0.2) is 24.3 Å². The smallest absolute Gasteiger partial charge is 0.244 e. The molecule has 1 aliphatic carbocycles. The maximum absolute atomic E-state index is 12.8. The molecule has 0 unspecified atom stereocenters. The number of Topliss-reactive ketones (excluding diaryl/α,β-unsaturated/α-hetero) is 1. The third-order valence-electron chi connectivity index (χ3n) is 5.22. The van der Waals surface area contributed by atoms with Crippen molar-refractivity contribution in [3.8, 4) is 0 Å². The largest absolute Gasteiger partial charge is 0.337 e. The highest BCUT2D eigenvalue weighted by atomic mass is 16.2. The molecule has 2 aromatic rings. The number of carbonyl (C=O) groups is 2. The van der Waals surface area contributed by atoms with Gasteiger partial charge in [0.05, 0.1) is 17.3 Å². The lowest BCUT2D eigenvalue weighted by molar-refractivity contribution is -0.133. The van der Waals surface area contributed by atoms with Gasteiger partial charge in [0.25, 0.3) is 0 Å². The summed E-state index contributed by atoms with van der Waals surface area (Å²) in [5.74, 6) is 0.00525. The van der Waals surface area contributed by atoms with Crippen LogP contribution in [-0.2, 0) is 17.8 Å². The number of amides is 1. The van der Waals surface area contributed by atoms with Crippen LogP contribution in [0.4, 0.5) is 0 Å². The first kappa shape index (κ1) is 17.4. The Labute approximate surface area is 148 Å². The van der Waals surface area contributed by atoms with Gasteiger partial charge in [0.1, 0.15) is 6.54 Å². The molecule has 0 fully saturated rings. The van der Waals surface area contributed by atoms with Crippen molar-refractivity contribution in [2.75, 3.05) is 7.05 Å². The van der Waals surface area contributed by atoms with E-state index in [4.69, 9.17) is 0 Å². The molecule has 0 radical (unpaired) electrons. The Morgan fingerprint density at radius 3 is 2.68 bits per heavy atom. The molecule has 0 N–H and O–H groups in total. The number of nitrogens with zero attached hydrogens (tertiary/aromatic N) is 3. The van der Waals surface area contributed by atoms with Crippen molar-refractivity contribution in [1.29, 1.82) is 0 Å². The maximum atomic E-state index is 12.8. The van der Waals surface area contributed by atoms with Crippen LogP contribution >= 0.6 is 0 Å². The minimum atomic E-state index is -0.0109. The minimum Gasteiger partial charge on any atom is -0.337 e. The molecule has 1 amide bonds. The van der Waals surface area contributed by atoms with E-state index >= 15 is 0 Å². The number of likely N-dealkylation sites (N-methyl/N-ethyl adjacent to an activating group) is 1. The van der Waals surface area contributed by atoms with Crippen LogP contribution in [0, 0.1) is 13.8 Å². The predicted octanol–water partition coefficient (Wildman–Crippen LogP) is 3.24. The SMILES string of the molecule is CC(=O)c1c(C)nn(CC(=O)N(C)[C@@H]2CCCc3ccccc32)c1C. The van der Waals surface area contributed by atoms with Crippen molar-refractivity contribution < 1.29 is 9.59 Å². The van der Waals surface area contributed by atoms with E-state index in [0.717, 1.165) is 25.0 Å². The van der Waals surface area contributed by atoms with Crippen molar-refractivity contribution in [3.63, 3.8) is 0 Å². The Balaban J connectivity index is 1.81. The van der Waals surface area contributed by atoms with Crippen LogP contribution in [0.2, 0.25) is 0 Å². The fourth-order valence-electron chi connectivity index (χ4n) is 3.90. The third kappa shape index (κ3) is 3.23. The lowest BCUT2D eigenvalue weighted by Crippen LogP contribution is -2.36. The van der Waals surface area contributed by atoms with E-state index in [1.165, 1.54) is 18.1 Å². The summed E-state index contributed by atoms with van der Waals surface area (Å²) in [6.45, 7) is 5.36. The average molecular weight is 339 g/mol. The zero-order valence-electron chi connectivity index (χ0n) is 15.4. The second kappa shape index (κ2) is 6.82. The van der Waals surface area contributed by atoms with E-state index in [1.807, 2.05) is 31.9 Å². The summed E-state index contributed by atoms with van der Waals surface area (Å²) >= 11 is 0. The standard InChI is InChI=1S/C20H25N3O2/c1-13-20(15(3)24)14(2)23(21-13)12-19(25)22(4)18-11-7-9-16-8-5-6-10-17(16)18/h5-6,8,10,18H,7,9,11-12H2,1-4H3/t18-/m1/s1. The molecule has 0 bridgehead atoms. The lowest BCUT2D eigenvalue weighted by Gasteiger charge is -2.33. The van der Waals surface area contributed by atoms with E-state index in [-0.39, 0.29) is 24.3 Å². The van der Waals surface area contributed by atoms with Gasteiger partial charge in [0.2, 0.25) is 5.91 Å². The Morgan fingerprint density at radius 2 is 2.00 bits per heavy atom. The van der Waals surface area contributed by atoms with E-state index < -0.39 is 0 Å². The fraction of sp³-hybridized carbons (Fsp3) is 0.450. The van der Waals surface area contributed by atoms with E-state index in [9.17, 15) is 9.59 Å². The van der Waals surface area contributed by atoms with Gasteiger partial charge in [-0.1, -0.05) is 24.3 Å². The summed E-state index contributed by atoms with van der Waals surface area (Å²) < 4.78 is 1.65. The minimum absolute atomic E-state index is 0.0109. The summed E-state index contributed by atoms with van der Waals surface area (Å²) in [7, 11) is 1.87. The number of ketones is 1. The van der Waals surface area contributed by atoms with E-state index in [1.54, 1.807) is 4.68 Å². The first-order valence-electron chi connectivity index (χ1n) is 8.78. The third-order valence-corrected chi connectivity index (χ3v) is 5.22. The summed E-state index contributed by atoms with van der Waals surface area (Å²) in [6, 6.07) is 8.49. The zero-order chi connectivity index (χ0) is 18.1. The lowest BCUT2D eigenvalue weighted by atomic mass is 9.87. The van der Waals surface area contributed by atoms with Crippen molar-refractivity contribution in [2.24, 2.45) is 0 Å². The predicted molar refractivity (Wildman–Crippen MR) is 96.6 cm³/mol. The van der Waals surface area contributed by atoms with Gasteiger partial charge in [-0.25, -0.2) is 0 Å².